The van der Waals surface area contributed by atoms with Crippen LogP contribution in [0.4, 0.5) is 5.13 Å². The van der Waals surface area contributed by atoms with Gasteiger partial charge in [-0.1, -0.05) is 0 Å². The molecule has 0 radical (unpaired) electrons. The van der Waals surface area contributed by atoms with Gasteiger partial charge in [0, 0.05) is 18.1 Å². The lowest BCUT2D eigenvalue weighted by molar-refractivity contribution is 0.102. The molecule has 0 aliphatic rings. The molecule has 0 aliphatic carbocycles. The molecule has 90 valence electrons. The third-order valence-electron chi connectivity index (χ3n) is 2.39. The van der Waals surface area contributed by atoms with Crippen molar-refractivity contribution in [2.24, 2.45) is 7.05 Å². The van der Waals surface area contributed by atoms with Gasteiger partial charge >= 0.3 is 0 Å². The number of amides is 1. The van der Waals surface area contributed by atoms with Gasteiger partial charge in [0.2, 0.25) is 0 Å². The summed E-state index contributed by atoms with van der Waals surface area (Å²) in [6.07, 6.45) is 1.54. The lowest BCUT2D eigenvalue weighted by Crippen LogP contribution is -2.12. The highest BCUT2D eigenvalue weighted by Gasteiger charge is 2.14. The molecule has 0 atom stereocenters. The van der Waals surface area contributed by atoms with Crippen LogP contribution in [0.5, 0.6) is 0 Å². The van der Waals surface area contributed by atoms with E-state index in [0.717, 1.165) is 11.4 Å². The summed E-state index contributed by atoms with van der Waals surface area (Å²) in [7, 11) is 1.79. The number of hydrogen-bond donors (Lipinski definition) is 1. The van der Waals surface area contributed by atoms with Crippen LogP contribution in [-0.2, 0) is 12.9 Å². The fourth-order valence-corrected chi connectivity index (χ4v) is 2.25. The summed E-state index contributed by atoms with van der Waals surface area (Å²) >= 11 is 7.00. The van der Waals surface area contributed by atoms with E-state index in [2.05, 4.69) is 15.4 Å². The van der Waals surface area contributed by atoms with E-state index >= 15 is 0 Å². The molecule has 2 rings (SSSR count). The molecule has 1 amide bonds. The van der Waals surface area contributed by atoms with Gasteiger partial charge in [0.15, 0.2) is 5.13 Å². The van der Waals surface area contributed by atoms with E-state index in [4.69, 9.17) is 11.6 Å². The second-order valence-corrected chi connectivity index (χ2v) is 4.62. The maximum absolute atomic E-state index is 11.9. The number of thiazole rings is 1. The minimum Gasteiger partial charge on any atom is -0.298 e. The number of hydrogen-bond acceptors (Lipinski definition) is 4. The predicted molar refractivity (Wildman–Crippen MR) is 67.6 cm³/mol. The van der Waals surface area contributed by atoms with Gasteiger partial charge in [-0.3, -0.25) is 14.8 Å². The molecular weight excluding hydrogens is 260 g/mol. The zero-order valence-corrected chi connectivity index (χ0v) is 11.0. The Hall–Kier alpha value is -1.40. The van der Waals surface area contributed by atoms with Crippen molar-refractivity contribution in [3.63, 3.8) is 0 Å². The fourth-order valence-electron chi connectivity index (χ4n) is 1.31. The summed E-state index contributed by atoms with van der Waals surface area (Å²) in [5.74, 6) is 0.143. The van der Waals surface area contributed by atoms with Gasteiger partial charge in [-0.2, -0.15) is 5.10 Å². The fraction of sp³-hybridized carbons (Fsp3) is 0.300. The molecule has 2 aromatic rings. The third kappa shape index (κ3) is 2.48. The highest BCUT2D eigenvalue weighted by molar-refractivity contribution is 7.14. The van der Waals surface area contributed by atoms with Crippen molar-refractivity contribution >= 4 is 34.0 Å². The topological polar surface area (TPSA) is 59.8 Å². The quantitative estimate of drug-likeness (QED) is 0.870. The summed E-state index contributed by atoms with van der Waals surface area (Å²) < 4.78 is 1.65. The van der Waals surface area contributed by atoms with Gasteiger partial charge in [0.25, 0.3) is 5.91 Å². The second-order valence-electron chi connectivity index (χ2n) is 3.50. The van der Waals surface area contributed by atoms with E-state index in [1.807, 2.05) is 12.3 Å². The molecule has 2 heterocycles. The number of rotatable bonds is 3. The molecule has 17 heavy (non-hydrogen) atoms. The van der Waals surface area contributed by atoms with Crippen LogP contribution in [0, 0.1) is 6.92 Å². The summed E-state index contributed by atoms with van der Waals surface area (Å²) in [5, 5.41) is 9.11. The molecule has 7 heteroatoms. The van der Waals surface area contributed by atoms with Crippen molar-refractivity contribution in [2.45, 2.75) is 12.8 Å². The monoisotopic (exact) mass is 270 g/mol. The molecule has 0 saturated carbocycles. The molecule has 0 aliphatic heterocycles. The number of nitrogens with zero attached hydrogens (tertiary/aromatic N) is 3. The first-order chi connectivity index (χ1) is 8.11. The first kappa shape index (κ1) is 12.1. The van der Waals surface area contributed by atoms with Crippen LogP contribution in [0.25, 0.3) is 0 Å². The van der Waals surface area contributed by atoms with Crippen LogP contribution in [0.1, 0.15) is 21.7 Å². The third-order valence-corrected chi connectivity index (χ3v) is 3.47. The van der Waals surface area contributed by atoms with Crippen molar-refractivity contribution in [2.75, 3.05) is 5.32 Å². The van der Waals surface area contributed by atoms with Gasteiger partial charge in [-0.05, 0) is 6.92 Å². The Balaban J connectivity index is 2.14. The number of carbonyl (C=O) groups is 1. The van der Waals surface area contributed by atoms with Gasteiger partial charge in [-0.25, -0.2) is 4.98 Å². The Labute approximate surface area is 107 Å². The Morgan fingerprint density at radius 2 is 2.41 bits per heavy atom. The van der Waals surface area contributed by atoms with Crippen molar-refractivity contribution in [1.29, 1.82) is 0 Å². The average molecular weight is 271 g/mol. The SMILES string of the molecule is Cc1c(C(=O)Nc2nc(CCl)cs2)cnn1C. The molecular formula is C10H11ClN4OS. The molecule has 0 bridgehead atoms. The van der Waals surface area contributed by atoms with E-state index in [-0.39, 0.29) is 5.91 Å². The largest absolute Gasteiger partial charge is 0.298 e. The van der Waals surface area contributed by atoms with Crippen LogP contribution in [0.3, 0.4) is 0 Å². The van der Waals surface area contributed by atoms with Crippen LogP contribution in [0.15, 0.2) is 11.6 Å². The van der Waals surface area contributed by atoms with Gasteiger partial charge in [-0.15, -0.1) is 22.9 Å². The molecule has 0 spiro atoms. The molecule has 1 N–H and O–H groups in total. The van der Waals surface area contributed by atoms with E-state index in [1.165, 1.54) is 11.3 Å². The smallest absolute Gasteiger partial charge is 0.260 e. The summed E-state index contributed by atoms with van der Waals surface area (Å²) in [6, 6.07) is 0. The Morgan fingerprint density at radius 1 is 1.65 bits per heavy atom. The summed E-state index contributed by atoms with van der Waals surface area (Å²) in [4.78, 5) is 16.1. The first-order valence-corrected chi connectivity index (χ1v) is 6.33. The molecule has 0 aromatic carbocycles. The van der Waals surface area contributed by atoms with Crippen LogP contribution in [-0.4, -0.2) is 20.7 Å². The zero-order valence-electron chi connectivity index (χ0n) is 9.40. The first-order valence-electron chi connectivity index (χ1n) is 4.92. The lowest BCUT2D eigenvalue weighted by Gasteiger charge is -2.00. The molecule has 0 unspecified atom stereocenters. The van der Waals surface area contributed by atoms with Crippen LogP contribution in [0.2, 0.25) is 0 Å². The molecule has 0 fully saturated rings. The lowest BCUT2D eigenvalue weighted by atomic mass is 10.2. The van der Waals surface area contributed by atoms with Gasteiger partial charge in [0.05, 0.1) is 23.3 Å². The second kappa shape index (κ2) is 4.85. The van der Waals surface area contributed by atoms with E-state index in [0.29, 0.717) is 16.6 Å². The average Bonchev–Trinajstić information content (AvgIpc) is 2.88. The number of anilines is 1. The van der Waals surface area contributed by atoms with Gasteiger partial charge in [0.1, 0.15) is 0 Å². The Kier molecular flexibility index (Phi) is 3.44. The number of alkyl halides is 1. The zero-order chi connectivity index (χ0) is 12.4. The summed E-state index contributed by atoms with van der Waals surface area (Å²) in [5.41, 5.74) is 2.13. The number of nitrogens with one attached hydrogen (secondary N) is 1. The van der Waals surface area contributed by atoms with Crippen LogP contribution < -0.4 is 5.32 Å². The van der Waals surface area contributed by atoms with Crippen LogP contribution >= 0.6 is 22.9 Å². The van der Waals surface area contributed by atoms with Crippen molar-refractivity contribution in [3.05, 3.63) is 28.5 Å². The predicted octanol–water partition coefficient (Wildman–Crippen LogP) is 2.18. The number of carbonyl (C=O) groups excluding carboxylic acids is 1. The maximum atomic E-state index is 11.9. The normalized spacial score (nSPS) is 10.5. The van der Waals surface area contributed by atoms with E-state index in [1.54, 1.807) is 17.9 Å². The number of halogens is 1. The van der Waals surface area contributed by atoms with E-state index < -0.39 is 0 Å². The van der Waals surface area contributed by atoms with E-state index in [9.17, 15) is 4.79 Å². The van der Waals surface area contributed by atoms with Crippen molar-refractivity contribution in [1.82, 2.24) is 14.8 Å². The minimum atomic E-state index is -0.203. The van der Waals surface area contributed by atoms with Crippen molar-refractivity contribution in [3.8, 4) is 0 Å². The maximum Gasteiger partial charge on any atom is 0.260 e. The number of aromatic nitrogens is 3. The summed E-state index contributed by atoms with van der Waals surface area (Å²) in [6.45, 7) is 1.84. The van der Waals surface area contributed by atoms with Gasteiger partial charge < -0.3 is 0 Å². The van der Waals surface area contributed by atoms with Crippen molar-refractivity contribution < 1.29 is 4.79 Å². The minimum absolute atomic E-state index is 0.203. The highest BCUT2D eigenvalue weighted by atomic mass is 35.5. The molecule has 2 aromatic heterocycles. The highest BCUT2D eigenvalue weighted by Crippen LogP contribution is 2.18. The number of aryl methyl sites for hydroxylation is 1. The Bertz CT molecular complexity index is 548. The molecule has 5 nitrogen and oxygen atoms in total. The standard InChI is InChI=1S/C10H11ClN4OS/c1-6-8(4-12-15(6)2)9(16)14-10-13-7(3-11)5-17-10/h4-5H,3H2,1-2H3,(H,13,14,16). The Morgan fingerprint density at radius 3 is 2.94 bits per heavy atom. The molecule has 0 saturated heterocycles.